The molecular formula is C21H41IN4O2. The molecule has 2 saturated carbocycles. The third-order valence-corrected chi connectivity index (χ3v) is 6.61. The zero-order valence-corrected chi connectivity index (χ0v) is 20.0. The van der Waals surface area contributed by atoms with E-state index in [4.69, 9.17) is 9.73 Å². The first kappa shape index (κ1) is 24.2. The molecule has 3 N–H and O–H groups in total. The fourth-order valence-corrected chi connectivity index (χ4v) is 4.95. The first-order chi connectivity index (χ1) is 13.1. The monoisotopic (exact) mass is 508 g/mol. The molecule has 164 valence electrons. The number of hydrogen-bond acceptors (Lipinski definition) is 4. The van der Waals surface area contributed by atoms with Crippen molar-refractivity contribution in [3.8, 4) is 0 Å². The van der Waals surface area contributed by atoms with Crippen molar-refractivity contribution in [3.05, 3.63) is 0 Å². The summed E-state index contributed by atoms with van der Waals surface area (Å²) in [4.78, 5) is 7.57. The SMILES string of the molecule is CCNC(=NCC1(CN2CCOCC2)CCCCC1)NCC1(O)CCCC1.I. The lowest BCUT2D eigenvalue weighted by atomic mass is 9.73. The van der Waals surface area contributed by atoms with Crippen molar-refractivity contribution in [1.82, 2.24) is 15.5 Å². The number of hydrogen-bond donors (Lipinski definition) is 3. The summed E-state index contributed by atoms with van der Waals surface area (Å²) in [6.45, 7) is 9.40. The van der Waals surface area contributed by atoms with Gasteiger partial charge in [0.2, 0.25) is 0 Å². The maximum absolute atomic E-state index is 10.6. The number of morpholine rings is 1. The van der Waals surface area contributed by atoms with Gasteiger partial charge in [0.15, 0.2) is 5.96 Å². The van der Waals surface area contributed by atoms with E-state index in [1.54, 1.807) is 0 Å². The molecule has 0 aromatic carbocycles. The summed E-state index contributed by atoms with van der Waals surface area (Å²) in [6, 6.07) is 0. The molecule has 3 aliphatic rings. The Kier molecular flexibility index (Phi) is 10.3. The van der Waals surface area contributed by atoms with Gasteiger partial charge in [0.1, 0.15) is 0 Å². The Balaban J connectivity index is 0.00000280. The van der Waals surface area contributed by atoms with Gasteiger partial charge in [-0.2, -0.15) is 0 Å². The van der Waals surface area contributed by atoms with E-state index in [9.17, 15) is 5.11 Å². The largest absolute Gasteiger partial charge is 0.388 e. The number of rotatable bonds is 7. The standard InChI is InChI=1S/C21H40N4O2.HI/c1-2-22-19(24-17-21(26)10-6-7-11-21)23-16-20(8-4-3-5-9-20)18-25-12-14-27-15-13-25;/h26H,2-18H2,1H3,(H2,22,23,24);1H. The Labute approximate surface area is 188 Å². The van der Waals surface area contributed by atoms with Crippen LogP contribution >= 0.6 is 24.0 Å². The Morgan fingerprint density at radius 2 is 1.64 bits per heavy atom. The van der Waals surface area contributed by atoms with Crippen LogP contribution in [0, 0.1) is 5.41 Å². The molecule has 1 aliphatic heterocycles. The van der Waals surface area contributed by atoms with Crippen LogP contribution in [0.4, 0.5) is 0 Å². The van der Waals surface area contributed by atoms with Crippen molar-refractivity contribution >= 4 is 29.9 Å². The lowest BCUT2D eigenvalue weighted by Gasteiger charge is -2.41. The average molecular weight is 508 g/mol. The number of aliphatic imine (C=N–C) groups is 1. The van der Waals surface area contributed by atoms with E-state index in [1.807, 2.05) is 0 Å². The van der Waals surface area contributed by atoms with E-state index in [2.05, 4.69) is 22.5 Å². The summed E-state index contributed by atoms with van der Waals surface area (Å²) >= 11 is 0. The zero-order chi connectivity index (χ0) is 19.0. The van der Waals surface area contributed by atoms with E-state index in [1.165, 1.54) is 32.1 Å². The molecule has 1 saturated heterocycles. The van der Waals surface area contributed by atoms with Gasteiger partial charge in [-0.1, -0.05) is 32.1 Å². The van der Waals surface area contributed by atoms with Crippen molar-refractivity contribution in [2.45, 2.75) is 70.3 Å². The third-order valence-electron chi connectivity index (χ3n) is 6.61. The highest BCUT2D eigenvalue weighted by atomic mass is 127. The Morgan fingerprint density at radius 3 is 2.29 bits per heavy atom. The van der Waals surface area contributed by atoms with Gasteiger partial charge in [0, 0.05) is 44.7 Å². The summed E-state index contributed by atoms with van der Waals surface area (Å²) < 4.78 is 5.53. The van der Waals surface area contributed by atoms with Crippen LogP contribution in [0.25, 0.3) is 0 Å². The van der Waals surface area contributed by atoms with Gasteiger partial charge >= 0.3 is 0 Å². The second-order valence-electron chi connectivity index (χ2n) is 8.93. The molecule has 0 aromatic heterocycles. The number of nitrogens with zero attached hydrogens (tertiary/aromatic N) is 2. The number of guanidine groups is 1. The number of ether oxygens (including phenoxy) is 1. The molecule has 3 rings (SSSR count). The second-order valence-corrected chi connectivity index (χ2v) is 8.93. The van der Waals surface area contributed by atoms with Crippen LogP contribution in [0.1, 0.15) is 64.7 Å². The lowest BCUT2D eigenvalue weighted by molar-refractivity contribution is 0.00936. The van der Waals surface area contributed by atoms with Crippen molar-refractivity contribution in [2.24, 2.45) is 10.4 Å². The predicted molar refractivity (Wildman–Crippen MR) is 126 cm³/mol. The van der Waals surface area contributed by atoms with E-state index in [0.717, 1.165) is 77.6 Å². The molecule has 2 aliphatic carbocycles. The van der Waals surface area contributed by atoms with Gasteiger partial charge in [-0.15, -0.1) is 24.0 Å². The molecule has 0 atom stereocenters. The maximum atomic E-state index is 10.6. The molecule has 6 nitrogen and oxygen atoms in total. The normalized spacial score (nSPS) is 25.1. The predicted octanol–water partition coefficient (Wildman–Crippen LogP) is 2.75. The molecule has 0 unspecified atom stereocenters. The molecule has 0 bridgehead atoms. The van der Waals surface area contributed by atoms with Gasteiger partial charge in [-0.05, 0) is 32.6 Å². The molecule has 1 heterocycles. The molecule has 7 heteroatoms. The van der Waals surface area contributed by atoms with Gasteiger partial charge in [-0.3, -0.25) is 9.89 Å². The third kappa shape index (κ3) is 7.29. The molecule has 3 fully saturated rings. The minimum absolute atomic E-state index is 0. The van der Waals surface area contributed by atoms with Crippen LogP contribution < -0.4 is 10.6 Å². The average Bonchev–Trinajstić information content (AvgIpc) is 3.12. The summed E-state index contributed by atoms with van der Waals surface area (Å²) in [5.74, 6) is 0.866. The first-order valence-corrected chi connectivity index (χ1v) is 11.2. The Hall–Kier alpha value is -0.120. The highest BCUT2D eigenvalue weighted by molar-refractivity contribution is 14.0. The van der Waals surface area contributed by atoms with E-state index < -0.39 is 5.60 Å². The number of halogens is 1. The first-order valence-electron chi connectivity index (χ1n) is 11.2. The van der Waals surface area contributed by atoms with Crippen LogP contribution in [-0.2, 0) is 4.74 Å². The van der Waals surface area contributed by atoms with Gasteiger partial charge < -0.3 is 20.5 Å². The molecule has 0 radical (unpaired) electrons. The van der Waals surface area contributed by atoms with Crippen LogP contribution in [0.2, 0.25) is 0 Å². The summed E-state index contributed by atoms with van der Waals surface area (Å²) in [5, 5.41) is 17.4. The Bertz CT molecular complexity index is 471. The smallest absolute Gasteiger partial charge is 0.191 e. The maximum Gasteiger partial charge on any atom is 0.191 e. The van der Waals surface area contributed by atoms with Crippen LogP contribution in [0.3, 0.4) is 0 Å². The second kappa shape index (κ2) is 11.9. The summed E-state index contributed by atoms with van der Waals surface area (Å²) in [5.41, 5.74) is -0.255. The van der Waals surface area contributed by atoms with E-state index >= 15 is 0 Å². The van der Waals surface area contributed by atoms with Crippen molar-refractivity contribution in [2.75, 3.05) is 52.5 Å². The minimum Gasteiger partial charge on any atom is -0.388 e. The fraction of sp³-hybridized carbons (Fsp3) is 0.952. The van der Waals surface area contributed by atoms with E-state index in [0.29, 0.717) is 12.0 Å². The van der Waals surface area contributed by atoms with Crippen LogP contribution in [0.5, 0.6) is 0 Å². The van der Waals surface area contributed by atoms with Crippen LogP contribution in [-0.4, -0.2) is 74.0 Å². The quantitative estimate of drug-likeness (QED) is 0.281. The molecule has 0 amide bonds. The number of nitrogens with one attached hydrogen (secondary N) is 2. The molecule has 0 spiro atoms. The van der Waals surface area contributed by atoms with Crippen molar-refractivity contribution < 1.29 is 9.84 Å². The minimum atomic E-state index is -0.549. The molecule has 0 aromatic rings. The Morgan fingerprint density at radius 1 is 1.00 bits per heavy atom. The molecular weight excluding hydrogens is 467 g/mol. The van der Waals surface area contributed by atoms with Gasteiger partial charge in [0.05, 0.1) is 18.8 Å². The highest BCUT2D eigenvalue weighted by Gasteiger charge is 2.35. The van der Waals surface area contributed by atoms with E-state index in [-0.39, 0.29) is 24.0 Å². The fourth-order valence-electron chi connectivity index (χ4n) is 4.95. The summed E-state index contributed by atoms with van der Waals surface area (Å²) in [7, 11) is 0. The highest BCUT2D eigenvalue weighted by Crippen LogP contribution is 2.37. The topological polar surface area (TPSA) is 69.1 Å². The van der Waals surface area contributed by atoms with Crippen LogP contribution in [0.15, 0.2) is 4.99 Å². The van der Waals surface area contributed by atoms with Crippen molar-refractivity contribution in [3.63, 3.8) is 0 Å². The zero-order valence-electron chi connectivity index (χ0n) is 17.7. The van der Waals surface area contributed by atoms with Gasteiger partial charge in [0.25, 0.3) is 0 Å². The van der Waals surface area contributed by atoms with Gasteiger partial charge in [-0.25, -0.2) is 0 Å². The summed E-state index contributed by atoms with van der Waals surface area (Å²) in [6.07, 6.45) is 10.6. The van der Waals surface area contributed by atoms with Crippen molar-refractivity contribution in [1.29, 1.82) is 0 Å². The molecule has 28 heavy (non-hydrogen) atoms. The number of aliphatic hydroxyl groups is 1. The lowest BCUT2D eigenvalue weighted by Crippen LogP contribution is -2.48.